The van der Waals surface area contributed by atoms with E-state index in [1.165, 1.54) is 49.1 Å². The number of nitrogens with one attached hydrogen (secondary N) is 2. The third-order valence-corrected chi connectivity index (χ3v) is 6.45. The molecule has 30 heavy (non-hydrogen) atoms. The van der Waals surface area contributed by atoms with Gasteiger partial charge in [-0.1, -0.05) is 18.6 Å². The number of ether oxygens (including phenoxy) is 1. The number of anilines is 1. The summed E-state index contributed by atoms with van der Waals surface area (Å²) in [6, 6.07) is 14.0. The Morgan fingerprint density at radius 1 is 1.10 bits per heavy atom. The molecule has 0 aromatic heterocycles. The lowest BCUT2D eigenvalue weighted by Crippen LogP contribution is -2.30. The Balaban J connectivity index is 1.41. The lowest BCUT2D eigenvalue weighted by molar-refractivity contribution is 0.220. The number of benzene rings is 2. The molecule has 3 rings (SSSR count). The third kappa shape index (κ3) is 6.74. The third-order valence-electron chi connectivity index (χ3n) is 5.04. The van der Waals surface area contributed by atoms with Crippen molar-refractivity contribution in [3.63, 3.8) is 0 Å². The van der Waals surface area contributed by atoms with Crippen LogP contribution in [0.4, 0.5) is 5.69 Å². The number of hydrogen-bond donors (Lipinski definition) is 3. The van der Waals surface area contributed by atoms with E-state index in [9.17, 15) is 8.42 Å². The summed E-state index contributed by atoms with van der Waals surface area (Å²) >= 11 is 0. The molecule has 0 saturated carbocycles. The van der Waals surface area contributed by atoms with Crippen LogP contribution < -0.4 is 15.2 Å². The highest BCUT2D eigenvalue weighted by molar-refractivity contribution is 7.90. The predicted molar refractivity (Wildman–Crippen MR) is 119 cm³/mol. The van der Waals surface area contributed by atoms with Crippen molar-refractivity contribution in [2.24, 2.45) is 0 Å². The molecule has 0 atom stereocenters. The standard InChI is InChI=1S/C22H30N4O3S/c23-19-9-11-21(12-10-19)30(27,28)25-22(24)8-5-15-29-20-7-4-6-18(16-20)17-26-13-2-1-3-14-26/h4,6-7,9-12,16H,1-3,5,8,13-15,17,23H2,(H2,24,25). The van der Waals surface area contributed by atoms with Gasteiger partial charge in [0.05, 0.1) is 11.5 Å². The normalized spacial score (nSPS) is 14.9. The summed E-state index contributed by atoms with van der Waals surface area (Å²) in [5, 5.41) is 7.92. The second kappa shape index (κ2) is 10.4. The van der Waals surface area contributed by atoms with Crippen molar-refractivity contribution in [1.82, 2.24) is 9.62 Å². The first-order chi connectivity index (χ1) is 14.4. The van der Waals surface area contributed by atoms with E-state index in [-0.39, 0.29) is 17.2 Å². The number of amidine groups is 1. The van der Waals surface area contributed by atoms with Gasteiger partial charge in [0.2, 0.25) is 0 Å². The van der Waals surface area contributed by atoms with Crippen LogP contribution in [0.15, 0.2) is 53.4 Å². The zero-order chi connectivity index (χ0) is 21.4. The molecule has 162 valence electrons. The molecule has 1 saturated heterocycles. The first-order valence-corrected chi connectivity index (χ1v) is 11.8. The quantitative estimate of drug-likeness (QED) is 0.245. The number of piperidine rings is 1. The van der Waals surface area contributed by atoms with Crippen molar-refractivity contribution in [2.45, 2.75) is 43.5 Å². The molecular formula is C22H30N4O3S. The molecule has 1 aliphatic heterocycles. The number of nitrogens with two attached hydrogens (primary N) is 1. The summed E-state index contributed by atoms with van der Waals surface area (Å²) in [4.78, 5) is 2.56. The molecule has 7 nitrogen and oxygen atoms in total. The topological polar surface area (TPSA) is 109 Å². The number of nitrogen functional groups attached to an aromatic ring is 1. The minimum Gasteiger partial charge on any atom is -0.494 e. The number of likely N-dealkylation sites (tertiary alicyclic amines) is 1. The van der Waals surface area contributed by atoms with Crippen molar-refractivity contribution in [3.8, 4) is 5.75 Å². The molecule has 1 aliphatic rings. The summed E-state index contributed by atoms with van der Waals surface area (Å²) in [5.41, 5.74) is 7.30. The van der Waals surface area contributed by atoms with Gasteiger partial charge in [0, 0.05) is 18.7 Å². The van der Waals surface area contributed by atoms with E-state index in [0.717, 1.165) is 25.4 Å². The lowest BCUT2D eigenvalue weighted by atomic mass is 10.1. The van der Waals surface area contributed by atoms with Gasteiger partial charge in [-0.15, -0.1) is 0 Å². The Hall–Kier alpha value is -2.58. The molecule has 8 heteroatoms. The van der Waals surface area contributed by atoms with Crippen molar-refractivity contribution in [1.29, 1.82) is 5.41 Å². The van der Waals surface area contributed by atoms with Crippen LogP contribution in [0.3, 0.4) is 0 Å². The van der Waals surface area contributed by atoms with Gasteiger partial charge in [0.25, 0.3) is 10.0 Å². The lowest BCUT2D eigenvalue weighted by Gasteiger charge is -2.26. The Morgan fingerprint density at radius 2 is 1.83 bits per heavy atom. The molecule has 4 N–H and O–H groups in total. The van der Waals surface area contributed by atoms with Gasteiger partial charge in [0.15, 0.2) is 0 Å². The smallest absolute Gasteiger partial charge is 0.262 e. The van der Waals surface area contributed by atoms with E-state index in [1.807, 2.05) is 12.1 Å². The second-order valence-corrected chi connectivity index (χ2v) is 9.27. The number of nitrogens with zero attached hydrogens (tertiary/aromatic N) is 1. The van der Waals surface area contributed by atoms with Gasteiger partial charge in [-0.3, -0.25) is 15.0 Å². The highest BCUT2D eigenvalue weighted by Crippen LogP contribution is 2.18. The van der Waals surface area contributed by atoms with E-state index in [2.05, 4.69) is 21.8 Å². The molecule has 1 heterocycles. The van der Waals surface area contributed by atoms with Gasteiger partial charge >= 0.3 is 0 Å². The average Bonchev–Trinajstić information content (AvgIpc) is 2.72. The highest BCUT2D eigenvalue weighted by Gasteiger charge is 2.15. The fourth-order valence-electron chi connectivity index (χ4n) is 3.47. The van der Waals surface area contributed by atoms with Crippen molar-refractivity contribution < 1.29 is 13.2 Å². The summed E-state index contributed by atoms with van der Waals surface area (Å²) in [6.07, 6.45) is 4.68. The fourth-order valence-corrected chi connectivity index (χ4v) is 4.51. The molecular weight excluding hydrogens is 400 g/mol. The maximum atomic E-state index is 12.3. The summed E-state index contributed by atoms with van der Waals surface area (Å²) < 4.78 is 32.7. The van der Waals surface area contributed by atoms with E-state index in [4.69, 9.17) is 15.9 Å². The Morgan fingerprint density at radius 3 is 2.57 bits per heavy atom. The predicted octanol–water partition coefficient (Wildman–Crippen LogP) is 3.37. The first-order valence-electron chi connectivity index (χ1n) is 10.3. The van der Waals surface area contributed by atoms with Gasteiger partial charge in [-0.2, -0.15) is 0 Å². The molecule has 0 unspecified atom stereocenters. The average molecular weight is 431 g/mol. The molecule has 2 aromatic rings. The SMILES string of the molecule is N=C(CCCOc1cccc(CN2CCCCC2)c1)NS(=O)(=O)c1ccc(N)cc1. The van der Waals surface area contributed by atoms with Gasteiger partial charge in [0.1, 0.15) is 11.6 Å². The first kappa shape index (κ1) is 22.1. The molecule has 0 bridgehead atoms. The van der Waals surface area contributed by atoms with Crippen LogP contribution in [0.1, 0.15) is 37.7 Å². The fraction of sp³-hybridized carbons (Fsp3) is 0.409. The largest absolute Gasteiger partial charge is 0.494 e. The van der Waals surface area contributed by atoms with Gasteiger partial charge in [-0.05, 0) is 74.3 Å². The van der Waals surface area contributed by atoms with Crippen LogP contribution in [0.5, 0.6) is 5.75 Å². The van der Waals surface area contributed by atoms with Gasteiger partial charge in [-0.25, -0.2) is 8.42 Å². The summed E-state index contributed by atoms with van der Waals surface area (Å²) in [6.45, 7) is 3.66. The van der Waals surface area contributed by atoms with E-state index in [1.54, 1.807) is 0 Å². The molecule has 0 radical (unpaired) electrons. The number of rotatable bonds is 9. The molecule has 0 aliphatic carbocycles. The van der Waals surface area contributed by atoms with Crippen LogP contribution in [0, 0.1) is 5.41 Å². The van der Waals surface area contributed by atoms with Crippen LogP contribution in [-0.4, -0.2) is 38.8 Å². The van der Waals surface area contributed by atoms with Crippen LogP contribution in [0.25, 0.3) is 0 Å². The summed E-state index contributed by atoms with van der Waals surface area (Å²) in [7, 11) is -3.76. The Bertz CT molecular complexity index is 939. The number of sulfonamides is 1. The zero-order valence-corrected chi connectivity index (χ0v) is 18.0. The monoisotopic (exact) mass is 430 g/mol. The van der Waals surface area contributed by atoms with Crippen LogP contribution in [-0.2, 0) is 16.6 Å². The maximum absolute atomic E-state index is 12.3. The Labute approximate surface area is 178 Å². The molecule has 2 aromatic carbocycles. The van der Waals surface area contributed by atoms with Crippen molar-refractivity contribution in [2.75, 3.05) is 25.4 Å². The van der Waals surface area contributed by atoms with Crippen molar-refractivity contribution >= 4 is 21.5 Å². The van der Waals surface area contributed by atoms with E-state index >= 15 is 0 Å². The minimum atomic E-state index is -3.76. The molecule has 1 fully saturated rings. The molecule has 0 amide bonds. The maximum Gasteiger partial charge on any atom is 0.262 e. The summed E-state index contributed by atoms with van der Waals surface area (Å²) in [5.74, 6) is 0.743. The Kier molecular flexibility index (Phi) is 7.70. The van der Waals surface area contributed by atoms with E-state index < -0.39 is 10.0 Å². The highest BCUT2D eigenvalue weighted by atomic mass is 32.2. The zero-order valence-electron chi connectivity index (χ0n) is 17.1. The second-order valence-electron chi connectivity index (χ2n) is 7.59. The van der Waals surface area contributed by atoms with Gasteiger partial charge < -0.3 is 10.5 Å². The molecule has 0 spiro atoms. The van der Waals surface area contributed by atoms with Crippen LogP contribution >= 0.6 is 0 Å². The number of hydrogen-bond acceptors (Lipinski definition) is 6. The minimum absolute atomic E-state index is 0.0609. The van der Waals surface area contributed by atoms with Crippen LogP contribution in [0.2, 0.25) is 0 Å². The van der Waals surface area contributed by atoms with E-state index in [0.29, 0.717) is 18.7 Å². The van der Waals surface area contributed by atoms with Crippen molar-refractivity contribution in [3.05, 3.63) is 54.1 Å².